The van der Waals surface area contributed by atoms with Crippen molar-refractivity contribution in [3.05, 3.63) is 64.7 Å². The van der Waals surface area contributed by atoms with Crippen LogP contribution >= 0.6 is 0 Å². The van der Waals surface area contributed by atoms with Crippen LogP contribution in [0.25, 0.3) is 0 Å². The van der Waals surface area contributed by atoms with E-state index >= 15 is 0 Å². The lowest BCUT2D eigenvalue weighted by atomic mass is 10.1. The van der Waals surface area contributed by atoms with Gasteiger partial charge in [0.1, 0.15) is 0 Å². The number of hydrogen-bond donors (Lipinski definition) is 2. The Morgan fingerprint density at radius 1 is 1.04 bits per heavy atom. The Kier molecular flexibility index (Phi) is 5.94. The Morgan fingerprint density at radius 3 is 2.37 bits per heavy atom. The van der Waals surface area contributed by atoms with Crippen molar-refractivity contribution in [2.75, 3.05) is 13.1 Å². The van der Waals surface area contributed by atoms with E-state index in [1.807, 2.05) is 6.07 Å². The SMILES string of the molecule is CCN(CC)S(=O)(=O)c1ccc(C(=O)NCc2ccc3c(c2)CNC3)cc1. The summed E-state index contributed by atoms with van der Waals surface area (Å²) in [5, 5.41) is 6.19. The third-order valence-corrected chi connectivity index (χ3v) is 6.88. The van der Waals surface area contributed by atoms with Gasteiger partial charge in [0.25, 0.3) is 5.91 Å². The van der Waals surface area contributed by atoms with Crippen molar-refractivity contribution < 1.29 is 13.2 Å². The van der Waals surface area contributed by atoms with E-state index in [-0.39, 0.29) is 10.8 Å². The first-order valence-electron chi connectivity index (χ1n) is 9.15. The summed E-state index contributed by atoms with van der Waals surface area (Å²) in [5.74, 6) is -0.222. The molecule has 0 saturated heterocycles. The number of rotatable bonds is 7. The largest absolute Gasteiger partial charge is 0.348 e. The maximum Gasteiger partial charge on any atom is 0.251 e. The van der Waals surface area contributed by atoms with Gasteiger partial charge in [-0.05, 0) is 41.0 Å². The highest BCUT2D eigenvalue weighted by atomic mass is 32.2. The summed E-state index contributed by atoms with van der Waals surface area (Å²) in [4.78, 5) is 12.6. The van der Waals surface area contributed by atoms with Crippen molar-refractivity contribution in [3.8, 4) is 0 Å². The number of nitrogens with one attached hydrogen (secondary N) is 2. The van der Waals surface area contributed by atoms with Gasteiger partial charge in [-0.1, -0.05) is 32.0 Å². The van der Waals surface area contributed by atoms with E-state index in [1.165, 1.54) is 27.6 Å². The first kappa shape index (κ1) is 19.5. The van der Waals surface area contributed by atoms with Crippen molar-refractivity contribution in [2.24, 2.45) is 0 Å². The van der Waals surface area contributed by atoms with E-state index in [0.717, 1.165) is 18.7 Å². The molecule has 3 rings (SSSR count). The van der Waals surface area contributed by atoms with Crippen LogP contribution in [0.5, 0.6) is 0 Å². The molecule has 7 heteroatoms. The van der Waals surface area contributed by atoms with Gasteiger partial charge < -0.3 is 10.6 Å². The van der Waals surface area contributed by atoms with Gasteiger partial charge in [-0.15, -0.1) is 0 Å². The zero-order valence-corrected chi connectivity index (χ0v) is 16.5. The fourth-order valence-corrected chi connectivity index (χ4v) is 4.69. The number of hydrogen-bond acceptors (Lipinski definition) is 4. The monoisotopic (exact) mass is 387 g/mol. The summed E-state index contributed by atoms with van der Waals surface area (Å²) in [6, 6.07) is 12.3. The molecule has 0 spiro atoms. The second-order valence-corrected chi connectivity index (χ2v) is 8.44. The molecule has 0 atom stereocenters. The molecule has 1 aliphatic rings. The molecule has 144 valence electrons. The van der Waals surface area contributed by atoms with Crippen LogP contribution < -0.4 is 10.6 Å². The molecule has 0 fully saturated rings. The zero-order chi connectivity index (χ0) is 19.4. The molecule has 1 heterocycles. The number of fused-ring (bicyclic) bond motifs is 1. The maximum absolute atomic E-state index is 12.5. The predicted molar refractivity (Wildman–Crippen MR) is 105 cm³/mol. The van der Waals surface area contributed by atoms with E-state index < -0.39 is 10.0 Å². The third kappa shape index (κ3) is 4.21. The summed E-state index contributed by atoms with van der Waals surface area (Å²) in [6.45, 7) is 6.63. The van der Waals surface area contributed by atoms with Gasteiger partial charge in [-0.3, -0.25) is 4.79 Å². The zero-order valence-electron chi connectivity index (χ0n) is 15.7. The number of amides is 1. The van der Waals surface area contributed by atoms with Crippen LogP contribution in [0.1, 0.15) is 40.9 Å². The van der Waals surface area contributed by atoms with Crippen LogP contribution in [0, 0.1) is 0 Å². The average molecular weight is 388 g/mol. The fourth-order valence-electron chi connectivity index (χ4n) is 3.23. The summed E-state index contributed by atoms with van der Waals surface area (Å²) in [7, 11) is -3.51. The molecule has 0 aromatic heterocycles. The molecule has 27 heavy (non-hydrogen) atoms. The van der Waals surface area contributed by atoms with Crippen LogP contribution in [-0.4, -0.2) is 31.7 Å². The highest BCUT2D eigenvalue weighted by molar-refractivity contribution is 7.89. The standard InChI is InChI=1S/C20H25N3O3S/c1-3-23(4-2)27(25,26)19-9-7-16(8-10-19)20(24)22-12-15-5-6-17-13-21-14-18(17)11-15/h5-11,21H,3-4,12-14H2,1-2H3,(H,22,24). The summed E-state index contributed by atoms with van der Waals surface area (Å²) in [5.41, 5.74) is 4.06. The van der Waals surface area contributed by atoms with Crippen LogP contribution in [-0.2, 0) is 29.7 Å². The van der Waals surface area contributed by atoms with E-state index in [0.29, 0.717) is 25.2 Å². The molecule has 0 saturated carbocycles. The van der Waals surface area contributed by atoms with Gasteiger partial charge in [0.15, 0.2) is 0 Å². The molecule has 0 unspecified atom stereocenters. The third-order valence-electron chi connectivity index (χ3n) is 4.81. The Labute approximate surface area is 160 Å². The van der Waals surface area contributed by atoms with Crippen LogP contribution in [0.4, 0.5) is 0 Å². The topological polar surface area (TPSA) is 78.5 Å². The smallest absolute Gasteiger partial charge is 0.251 e. The van der Waals surface area contributed by atoms with Crippen molar-refractivity contribution in [2.45, 2.75) is 38.4 Å². The van der Waals surface area contributed by atoms with Crippen molar-refractivity contribution in [1.29, 1.82) is 0 Å². The van der Waals surface area contributed by atoms with Gasteiger partial charge in [0.05, 0.1) is 4.90 Å². The second-order valence-electron chi connectivity index (χ2n) is 6.50. The highest BCUT2D eigenvalue weighted by Gasteiger charge is 2.21. The van der Waals surface area contributed by atoms with E-state index in [9.17, 15) is 13.2 Å². The molecule has 2 N–H and O–H groups in total. The Bertz CT molecular complexity index is 920. The molecule has 6 nitrogen and oxygen atoms in total. The van der Waals surface area contributed by atoms with E-state index in [4.69, 9.17) is 0 Å². The van der Waals surface area contributed by atoms with Gasteiger partial charge >= 0.3 is 0 Å². The van der Waals surface area contributed by atoms with Gasteiger partial charge in [0, 0.05) is 38.3 Å². The maximum atomic E-state index is 12.5. The molecule has 0 bridgehead atoms. The molecule has 0 aliphatic carbocycles. The quantitative estimate of drug-likeness (QED) is 0.764. The number of benzene rings is 2. The highest BCUT2D eigenvalue weighted by Crippen LogP contribution is 2.18. The number of sulfonamides is 1. The lowest BCUT2D eigenvalue weighted by Gasteiger charge is -2.18. The minimum absolute atomic E-state index is 0.203. The predicted octanol–water partition coefficient (Wildman–Crippen LogP) is 2.25. The molecule has 1 aliphatic heterocycles. The summed E-state index contributed by atoms with van der Waals surface area (Å²) < 4.78 is 26.4. The lowest BCUT2D eigenvalue weighted by molar-refractivity contribution is 0.0951. The van der Waals surface area contributed by atoms with Crippen LogP contribution in [0.3, 0.4) is 0 Å². The molecule has 1 amide bonds. The summed E-state index contributed by atoms with van der Waals surface area (Å²) >= 11 is 0. The normalized spacial score (nSPS) is 13.6. The number of carbonyl (C=O) groups is 1. The van der Waals surface area contributed by atoms with E-state index in [1.54, 1.807) is 26.0 Å². The fraction of sp³-hybridized carbons (Fsp3) is 0.350. The number of carbonyl (C=O) groups excluding carboxylic acids is 1. The van der Waals surface area contributed by atoms with Crippen molar-refractivity contribution in [1.82, 2.24) is 14.9 Å². The Hall–Kier alpha value is -2.22. The summed E-state index contributed by atoms with van der Waals surface area (Å²) in [6.07, 6.45) is 0. The van der Waals surface area contributed by atoms with Gasteiger partial charge in [0.2, 0.25) is 10.0 Å². The molecule has 2 aromatic carbocycles. The van der Waals surface area contributed by atoms with Crippen molar-refractivity contribution in [3.63, 3.8) is 0 Å². The van der Waals surface area contributed by atoms with Crippen LogP contribution in [0.15, 0.2) is 47.4 Å². The molecule has 2 aromatic rings. The average Bonchev–Trinajstić information content (AvgIpc) is 3.14. The first-order valence-corrected chi connectivity index (χ1v) is 10.6. The first-order chi connectivity index (χ1) is 13.0. The van der Waals surface area contributed by atoms with Gasteiger partial charge in [-0.2, -0.15) is 4.31 Å². The van der Waals surface area contributed by atoms with E-state index in [2.05, 4.69) is 22.8 Å². The lowest BCUT2D eigenvalue weighted by Crippen LogP contribution is -2.30. The molecule has 0 radical (unpaired) electrons. The number of nitrogens with zero attached hydrogens (tertiary/aromatic N) is 1. The Balaban J connectivity index is 1.65. The molecular formula is C20H25N3O3S. The Morgan fingerprint density at radius 2 is 1.70 bits per heavy atom. The van der Waals surface area contributed by atoms with Crippen LogP contribution in [0.2, 0.25) is 0 Å². The second kappa shape index (κ2) is 8.21. The minimum atomic E-state index is -3.51. The minimum Gasteiger partial charge on any atom is -0.348 e. The van der Waals surface area contributed by atoms with Gasteiger partial charge in [-0.25, -0.2) is 8.42 Å². The van der Waals surface area contributed by atoms with Crippen molar-refractivity contribution >= 4 is 15.9 Å². The molecular weight excluding hydrogens is 362 g/mol.